The molecule has 3 heteroatoms. The number of benzene rings is 1. The van der Waals surface area contributed by atoms with E-state index in [2.05, 4.69) is 0 Å². The fourth-order valence-electron chi connectivity index (χ4n) is 1.52. The zero-order valence-electron chi connectivity index (χ0n) is 11.2. The summed E-state index contributed by atoms with van der Waals surface area (Å²) in [6.45, 7) is 9.68. The van der Waals surface area contributed by atoms with Crippen molar-refractivity contribution < 1.29 is 9.53 Å². The van der Waals surface area contributed by atoms with Crippen LogP contribution in [0, 0.1) is 26.7 Å². The van der Waals surface area contributed by atoms with Gasteiger partial charge in [0.1, 0.15) is 11.8 Å². The topological polar surface area (TPSA) is 52.3 Å². The van der Waals surface area contributed by atoms with Gasteiger partial charge in [0.2, 0.25) is 0 Å². The number of carbonyl (C=O) groups is 1. The van der Waals surface area contributed by atoms with Crippen molar-refractivity contribution in [2.75, 3.05) is 0 Å². The quantitative estimate of drug-likeness (QED) is 0.647. The summed E-state index contributed by atoms with van der Waals surface area (Å²) >= 11 is 0. The van der Waals surface area contributed by atoms with E-state index in [0.717, 1.165) is 16.7 Å². The molecule has 0 fully saturated rings. The number of hydrogen-bond donors (Lipinski definition) is 1. The fraction of sp³-hybridized carbons (Fsp3) is 0.500. The highest BCUT2D eigenvalue weighted by Gasteiger charge is 2.21. The molecule has 0 heterocycles. The summed E-state index contributed by atoms with van der Waals surface area (Å²) in [6, 6.07) is 3.39. The summed E-state index contributed by atoms with van der Waals surface area (Å²) in [4.78, 5) is 11.8. The lowest BCUT2D eigenvalue weighted by Gasteiger charge is -2.17. The van der Waals surface area contributed by atoms with Crippen molar-refractivity contribution in [1.29, 1.82) is 0 Å². The van der Waals surface area contributed by atoms with Crippen molar-refractivity contribution in [3.8, 4) is 5.75 Å². The Morgan fingerprint density at radius 3 is 2.24 bits per heavy atom. The molecule has 1 aromatic carbocycles. The Bertz CT molecular complexity index is 424. The Morgan fingerprint density at radius 1 is 1.18 bits per heavy atom. The molecule has 1 rings (SSSR count). The molecule has 0 aliphatic heterocycles. The van der Waals surface area contributed by atoms with Gasteiger partial charge in [-0.05, 0) is 43.4 Å². The molecular formula is C14H21NO2. The Hall–Kier alpha value is -1.35. The van der Waals surface area contributed by atoms with Crippen molar-refractivity contribution in [2.45, 2.75) is 40.7 Å². The molecule has 1 aromatic rings. The molecule has 0 aromatic heterocycles. The molecule has 0 radical (unpaired) electrons. The molecule has 0 saturated heterocycles. The van der Waals surface area contributed by atoms with E-state index in [4.69, 9.17) is 10.5 Å². The standard InChI is InChI=1S/C14H21NO2/c1-8(2)12(15)14(16)17-13-10(4)7-6-9(3)11(13)5/h6-8,12H,15H2,1-5H3. The molecule has 17 heavy (non-hydrogen) atoms. The van der Waals surface area contributed by atoms with Crippen LogP contribution in [0.1, 0.15) is 30.5 Å². The van der Waals surface area contributed by atoms with Gasteiger partial charge in [0.25, 0.3) is 0 Å². The third-order valence-electron chi connectivity index (χ3n) is 3.07. The van der Waals surface area contributed by atoms with Gasteiger partial charge in [-0.1, -0.05) is 26.0 Å². The van der Waals surface area contributed by atoms with Gasteiger partial charge in [-0.15, -0.1) is 0 Å². The summed E-state index contributed by atoms with van der Waals surface area (Å²) in [5.74, 6) is 0.357. The molecule has 1 atom stereocenters. The minimum atomic E-state index is -0.575. The molecule has 1 unspecified atom stereocenters. The molecular weight excluding hydrogens is 214 g/mol. The Labute approximate surface area is 103 Å². The summed E-state index contributed by atoms with van der Waals surface area (Å²) in [5, 5.41) is 0. The highest BCUT2D eigenvalue weighted by molar-refractivity contribution is 5.79. The van der Waals surface area contributed by atoms with E-state index in [1.165, 1.54) is 0 Å². The second kappa shape index (κ2) is 5.32. The average molecular weight is 235 g/mol. The van der Waals surface area contributed by atoms with Crippen LogP contribution in [-0.4, -0.2) is 12.0 Å². The van der Waals surface area contributed by atoms with Crippen LogP contribution in [-0.2, 0) is 4.79 Å². The maximum Gasteiger partial charge on any atom is 0.328 e. The number of carbonyl (C=O) groups excluding carboxylic acids is 1. The van der Waals surface area contributed by atoms with Crippen molar-refractivity contribution in [2.24, 2.45) is 11.7 Å². The molecule has 3 nitrogen and oxygen atoms in total. The molecule has 0 bridgehead atoms. The van der Waals surface area contributed by atoms with Crippen molar-refractivity contribution in [3.05, 3.63) is 28.8 Å². The van der Waals surface area contributed by atoms with Crippen LogP contribution in [0.2, 0.25) is 0 Å². The lowest BCUT2D eigenvalue weighted by atomic mass is 10.0. The summed E-state index contributed by atoms with van der Waals surface area (Å²) in [6.07, 6.45) is 0. The number of rotatable bonds is 3. The zero-order valence-corrected chi connectivity index (χ0v) is 11.2. The van der Waals surface area contributed by atoms with Crippen LogP contribution in [0.15, 0.2) is 12.1 Å². The second-order valence-electron chi connectivity index (χ2n) is 4.84. The summed E-state index contributed by atoms with van der Waals surface area (Å²) in [7, 11) is 0. The Morgan fingerprint density at radius 2 is 1.71 bits per heavy atom. The van der Waals surface area contributed by atoms with Gasteiger partial charge in [0.05, 0.1) is 0 Å². The number of ether oxygens (including phenoxy) is 1. The summed E-state index contributed by atoms with van der Waals surface area (Å²) in [5.41, 5.74) is 8.83. The predicted octanol–water partition coefficient (Wildman–Crippen LogP) is 2.50. The number of aryl methyl sites for hydroxylation is 2. The lowest BCUT2D eigenvalue weighted by molar-refractivity contribution is -0.136. The van der Waals surface area contributed by atoms with Gasteiger partial charge < -0.3 is 10.5 Å². The van der Waals surface area contributed by atoms with Crippen LogP contribution in [0.5, 0.6) is 5.75 Å². The highest BCUT2D eigenvalue weighted by atomic mass is 16.5. The molecule has 94 valence electrons. The van der Waals surface area contributed by atoms with Crippen molar-refractivity contribution >= 4 is 5.97 Å². The maximum atomic E-state index is 11.8. The van der Waals surface area contributed by atoms with Crippen LogP contribution >= 0.6 is 0 Å². The van der Waals surface area contributed by atoms with Crippen molar-refractivity contribution in [1.82, 2.24) is 0 Å². The first-order valence-corrected chi connectivity index (χ1v) is 5.88. The molecule has 0 saturated carbocycles. The molecule has 0 aliphatic rings. The van der Waals surface area contributed by atoms with E-state index in [0.29, 0.717) is 5.75 Å². The van der Waals surface area contributed by atoms with E-state index in [1.807, 2.05) is 46.8 Å². The first-order valence-electron chi connectivity index (χ1n) is 5.88. The van der Waals surface area contributed by atoms with E-state index < -0.39 is 6.04 Å². The summed E-state index contributed by atoms with van der Waals surface area (Å²) < 4.78 is 5.42. The fourth-order valence-corrected chi connectivity index (χ4v) is 1.52. The normalized spacial score (nSPS) is 12.6. The van der Waals surface area contributed by atoms with Gasteiger partial charge in [0.15, 0.2) is 0 Å². The number of hydrogen-bond acceptors (Lipinski definition) is 3. The zero-order chi connectivity index (χ0) is 13.2. The van der Waals surface area contributed by atoms with E-state index in [1.54, 1.807) is 0 Å². The van der Waals surface area contributed by atoms with Gasteiger partial charge in [-0.3, -0.25) is 0 Å². The molecule has 0 amide bonds. The first-order chi connectivity index (χ1) is 7.84. The third kappa shape index (κ3) is 3.07. The number of nitrogens with two attached hydrogens (primary N) is 1. The first kappa shape index (κ1) is 13.7. The smallest absolute Gasteiger partial charge is 0.328 e. The van der Waals surface area contributed by atoms with E-state index in [9.17, 15) is 4.79 Å². The Balaban J connectivity index is 2.96. The van der Waals surface area contributed by atoms with Gasteiger partial charge in [0, 0.05) is 0 Å². The molecule has 0 aliphatic carbocycles. The predicted molar refractivity (Wildman–Crippen MR) is 69.1 cm³/mol. The largest absolute Gasteiger partial charge is 0.425 e. The molecule has 0 spiro atoms. The van der Waals surface area contributed by atoms with E-state index >= 15 is 0 Å². The third-order valence-corrected chi connectivity index (χ3v) is 3.07. The van der Waals surface area contributed by atoms with Gasteiger partial charge in [-0.2, -0.15) is 0 Å². The number of esters is 1. The maximum absolute atomic E-state index is 11.8. The second-order valence-corrected chi connectivity index (χ2v) is 4.84. The minimum Gasteiger partial charge on any atom is -0.425 e. The minimum absolute atomic E-state index is 0.0768. The van der Waals surface area contributed by atoms with Crippen LogP contribution in [0.25, 0.3) is 0 Å². The van der Waals surface area contributed by atoms with Crippen molar-refractivity contribution in [3.63, 3.8) is 0 Å². The molecule has 2 N–H and O–H groups in total. The lowest BCUT2D eigenvalue weighted by Crippen LogP contribution is -2.38. The SMILES string of the molecule is Cc1ccc(C)c(OC(=O)C(N)C(C)C)c1C. The van der Waals surface area contributed by atoms with E-state index in [-0.39, 0.29) is 11.9 Å². The van der Waals surface area contributed by atoms with Crippen LogP contribution in [0.3, 0.4) is 0 Å². The Kier molecular flexibility index (Phi) is 4.29. The van der Waals surface area contributed by atoms with Gasteiger partial charge >= 0.3 is 5.97 Å². The van der Waals surface area contributed by atoms with Crippen LogP contribution < -0.4 is 10.5 Å². The average Bonchev–Trinajstić information content (AvgIpc) is 2.28. The monoisotopic (exact) mass is 235 g/mol. The van der Waals surface area contributed by atoms with Crippen LogP contribution in [0.4, 0.5) is 0 Å². The highest BCUT2D eigenvalue weighted by Crippen LogP contribution is 2.26. The van der Waals surface area contributed by atoms with Gasteiger partial charge in [-0.25, -0.2) is 4.79 Å².